The normalized spacial score (nSPS) is 17.6. The molecule has 0 spiro atoms. The molecular weight excluding hydrogens is 363 g/mol. The molecule has 27 heavy (non-hydrogen) atoms. The van der Waals surface area contributed by atoms with E-state index in [9.17, 15) is 22.8 Å². The van der Waals surface area contributed by atoms with Crippen LogP contribution >= 0.6 is 0 Å². The van der Waals surface area contributed by atoms with Gasteiger partial charge in [-0.25, -0.2) is 4.79 Å². The number of hydrogen-bond acceptors (Lipinski definition) is 4. The van der Waals surface area contributed by atoms with Crippen molar-refractivity contribution in [3.8, 4) is 6.07 Å². The number of hydrogen-bond donors (Lipinski definition) is 2. The highest BCUT2D eigenvalue weighted by Gasteiger charge is 2.37. The maximum absolute atomic E-state index is 13.2. The van der Waals surface area contributed by atoms with Crippen molar-refractivity contribution >= 4 is 17.6 Å². The van der Waals surface area contributed by atoms with Gasteiger partial charge >= 0.3 is 12.2 Å². The average molecular weight is 383 g/mol. The molecule has 3 amide bonds. The lowest BCUT2D eigenvalue weighted by molar-refractivity contribution is -0.137. The Kier molecular flexibility index (Phi) is 5.83. The van der Waals surface area contributed by atoms with Crippen LogP contribution in [0, 0.1) is 11.3 Å². The van der Waals surface area contributed by atoms with E-state index in [1.165, 1.54) is 17.0 Å². The second-order valence-electron chi connectivity index (χ2n) is 6.50. The number of halogens is 3. The van der Waals surface area contributed by atoms with Crippen molar-refractivity contribution in [2.45, 2.75) is 32.1 Å². The monoisotopic (exact) mass is 383 g/mol. The summed E-state index contributed by atoms with van der Waals surface area (Å²) in [5.74, 6) is -0.747. The van der Waals surface area contributed by atoms with Crippen molar-refractivity contribution in [2.75, 3.05) is 24.5 Å². The second-order valence-corrected chi connectivity index (χ2v) is 6.50. The number of primary amides is 1. The number of nitrogens with one attached hydrogen (secondary N) is 1. The Balaban J connectivity index is 2.28. The highest BCUT2D eigenvalue weighted by molar-refractivity contribution is 5.87. The summed E-state index contributed by atoms with van der Waals surface area (Å²) >= 11 is 0. The van der Waals surface area contributed by atoms with E-state index >= 15 is 0 Å². The first-order chi connectivity index (χ1) is 12.5. The number of anilines is 1. The number of piperazine rings is 1. The summed E-state index contributed by atoms with van der Waals surface area (Å²) in [5, 5.41) is 11.6. The molecule has 0 saturated carbocycles. The minimum Gasteiger partial charge on any atom is -0.368 e. The molecule has 0 aromatic heterocycles. The first-order valence-corrected chi connectivity index (χ1v) is 8.27. The van der Waals surface area contributed by atoms with Gasteiger partial charge in [-0.15, -0.1) is 0 Å². The van der Waals surface area contributed by atoms with E-state index in [0.29, 0.717) is 0 Å². The molecule has 1 saturated heterocycles. The molecule has 1 aromatic rings. The fraction of sp³-hybridized carbons (Fsp3) is 0.471. The first kappa shape index (κ1) is 20.4. The van der Waals surface area contributed by atoms with Crippen molar-refractivity contribution in [3.63, 3.8) is 0 Å². The van der Waals surface area contributed by atoms with Crippen LogP contribution in [0.4, 0.5) is 23.7 Å². The van der Waals surface area contributed by atoms with Gasteiger partial charge in [0.1, 0.15) is 6.04 Å². The zero-order valence-electron chi connectivity index (χ0n) is 14.9. The fourth-order valence-corrected chi connectivity index (χ4v) is 2.89. The Hall–Kier alpha value is -2.96. The molecular formula is C17H20F3N5O2. The van der Waals surface area contributed by atoms with E-state index in [4.69, 9.17) is 11.0 Å². The van der Waals surface area contributed by atoms with E-state index in [1.807, 2.05) is 0 Å². The van der Waals surface area contributed by atoms with Gasteiger partial charge in [-0.1, -0.05) is 0 Å². The van der Waals surface area contributed by atoms with Crippen molar-refractivity contribution < 1.29 is 22.8 Å². The lowest BCUT2D eigenvalue weighted by Gasteiger charge is -2.41. The van der Waals surface area contributed by atoms with E-state index in [-0.39, 0.29) is 31.4 Å². The molecule has 0 aliphatic carbocycles. The molecule has 1 aliphatic rings. The number of urea groups is 1. The summed E-state index contributed by atoms with van der Waals surface area (Å²) in [5.41, 5.74) is 4.08. The third kappa shape index (κ3) is 4.61. The number of nitriles is 1. The van der Waals surface area contributed by atoms with E-state index in [2.05, 4.69) is 5.32 Å². The van der Waals surface area contributed by atoms with E-state index in [0.717, 1.165) is 12.1 Å². The van der Waals surface area contributed by atoms with Gasteiger partial charge in [0.05, 0.1) is 17.2 Å². The molecule has 1 atom stereocenters. The van der Waals surface area contributed by atoms with Crippen LogP contribution in [0.3, 0.4) is 0 Å². The predicted molar refractivity (Wildman–Crippen MR) is 91.7 cm³/mol. The van der Waals surface area contributed by atoms with Gasteiger partial charge in [0.2, 0.25) is 5.91 Å². The number of rotatable bonds is 3. The van der Waals surface area contributed by atoms with Crippen LogP contribution in [0.25, 0.3) is 0 Å². The molecule has 146 valence electrons. The molecule has 1 fully saturated rings. The van der Waals surface area contributed by atoms with Crippen LogP contribution in [0.2, 0.25) is 0 Å². The Morgan fingerprint density at radius 3 is 2.52 bits per heavy atom. The zero-order chi connectivity index (χ0) is 20.4. The standard InChI is InChI=1S/C17H20F3N5O2/c1-10(2)23-16(27)25-6-5-24(9-14(25)15(22)26)12-4-3-11(8-21)13(7-12)17(18,19)20/h3-4,7,10,14H,5-6,9H2,1-2H3,(H2,22,26)(H,23,27). The number of carbonyl (C=O) groups is 2. The molecule has 1 heterocycles. The lowest BCUT2D eigenvalue weighted by atomic mass is 10.0. The number of benzene rings is 1. The lowest BCUT2D eigenvalue weighted by Crippen LogP contribution is -2.62. The summed E-state index contributed by atoms with van der Waals surface area (Å²) in [6.07, 6.45) is -4.68. The molecule has 10 heteroatoms. The van der Waals surface area contributed by atoms with E-state index < -0.39 is 35.3 Å². The Labute approximate surface area is 154 Å². The maximum atomic E-state index is 13.2. The maximum Gasteiger partial charge on any atom is 0.417 e. The van der Waals surface area contributed by atoms with Crippen LogP contribution in [0.15, 0.2) is 18.2 Å². The minimum absolute atomic E-state index is 0.0377. The predicted octanol–water partition coefficient (Wildman–Crippen LogP) is 1.67. The SMILES string of the molecule is CC(C)NC(=O)N1CCN(c2ccc(C#N)c(C(F)(F)F)c2)CC1C(N)=O. The second kappa shape index (κ2) is 7.73. The molecule has 3 N–H and O–H groups in total. The van der Waals surface area contributed by atoms with Gasteiger partial charge in [0, 0.05) is 31.4 Å². The third-order valence-electron chi connectivity index (χ3n) is 4.18. The molecule has 1 unspecified atom stereocenters. The smallest absolute Gasteiger partial charge is 0.368 e. The highest BCUT2D eigenvalue weighted by atomic mass is 19.4. The molecule has 7 nitrogen and oxygen atoms in total. The van der Waals surface area contributed by atoms with Crippen molar-refractivity contribution in [1.82, 2.24) is 10.2 Å². The Morgan fingerprint density at radius 1 is 1.33 bits per heavy atom. The highest BCUT2D eigenvalue weighted by Crippen LogP contribution is 2.34. The van der Waals surface area contributed by atoms with Crippen molar-refractivity contribution in [3.05, 3.63) is 29.3 Å². The summed E-state index contributed by atoms with van der Waals surface area (Å²) in [6.45, 7) is 3.84. The largest absolute Gasteiger partial charge is 0.417 e. The van der Waals surface area contributed by atoms with Gasteiger partial charge in [0.15, 0.2) is 0 Å². The third-order valence-corrected chi connectivity index (χ3v) is 4.18. The fourth-order valence-electron chi connectivity index (χ4n) is 2.89. The summed E-state index contributed by atoms with van der Waals surface area (Å²) in [7, 11) is 0. The van der Waals surface area contributed by atoms with Crippen LogP contribution in [-0.4, -0.2) is 48.6 Å². The number of carbonyl (C=O) groups excluding carboxylic acids is 2. The first-order valence-electron chi connectivity index (χ1n) is 8.27. The van der Waals surface area contributed by atoms with Gasteiger partial charge < -0.3 is 20.9 Å². The molecule has 1 aliphatic heterocycles. The molecule has 0 radical (unpaired) electrons. The average Bonchev–Trinajstić information content (AvgIpc) is 2.59. The zero-order valence-corrected chi connectivity index (χ0v) is 14.9. The van der Waals surface area contributed by atoms with Crippen molar-refractivity contribution in [2.24, 2.45) is 5.73 Å². The van der Waals surface area contributed by atoms with Gasteiger partial charge in [-0.05, 0) is 32.0 Å². The van der Waals surface area contributed by atoms with E-state index in [1.54, 1.807) is 18.7 Å². The number of amides is 3. The molecule has 0 bridgehead atoms. The number of alkyl halides is 3. The van der Waals surface area contributed by atoms with Crippen LogP contribution in [-0.2, 0) is 11.0 Å². The van der Waals surface area contributed by atoms with Crippen LogP contribution in [0.1, 0.15) is 25.0 Å². The van der Waals surface area contributed by atoms with Crippen molar-refractivity contribution in [1.29, 1.82) is 5.26 Å². The molecule has 1 aromatic carbocycles. The molecule has 2 rings (SSSR count). The topological polar surface area (TPSA) is 102 Å². The Bertz CT molecular complexity index is 773. The quantitative estimate of drug-likeness (QED) is 0.829. The number of nitrogens with zero attached hydrogens (tertiary/aromatic N) is 3. The summed E-state index contributed by atoms with van der Waals surface area (Å²) in [6, 6.07) is 3.30. The summed E-state index contributed by atoms with van der Waals surface area (Å²) < 4.78 is 39.5. The van der Waals surface area contributed by atoms with Crippen LogP contribution in [0.5, 0.6) is 0 Å². The van der Waals surface area contributed by atoms with Gasteiger partial charge in [-0.2, -0.15) is 18.4 Å². The Morgan fingerprint density at radius 2 is 2.00 bits per heavy atom. The van der Waals surface area contributed by atoms with Gasteiger partial charge in [-0.3, -0.25) is 4.79 Å². The minimum atomic E-state index is -4.68. The number of nitrogens with two attached hydrogens (primary N) is 1. The van der Waals surface area contributed by atoms with Crippen LogP contribution < -0.4 is 16.0 Å². The summed E-state index contributed by atoms with van der Waals surface area (Å²) in [4.78, 5) is 26.9. The van der Waals surface area contributed by atoms with Gasteiger partial charge in [0.25, 0.3) is 0 Å².